The lowest BCUT2D eigenvalue weighted by atomic mass is 10.2. The molecule has 3 N–H and O–H groups in total. The van der Waals surface area contributed by atoms with Gasteiger partial charge >= 0.3 is 0 Å². The van der Waals surface area contributed by atoms with Crippen LogP contribution in [-0.4, -0.2) is 23.1 Å². The third-order valence-corrected chi connectivity index (χ3v) is 6.36. The van der Waals surface area contributed by atoms with Crippen molar-refractivity contribution in [2.75, 3.05) is 0 Å². The Hall–Kier alpha value is -1.91. The van der Waals surface area contributed by atoms with Crippen molar-refractivity contribution in [3.8, 4) is 0 Å². The van der Waals surface area contributed by atoms with Gasteiger partial charge in [0.05, 0.1) is 23.4 Å². The van der Waals surface area contributed by atoms with E-state index in [4.69, 9.17) is 16.7 Å². The van der Waals surface area contributed by atoms with Gasteiger partial charge in [0.2, 0.25) is 10.0 Å². The highest BCUT2D eigenvalue weighted by Crippen LogP contribution is 2.29. The highest BCUT2D eigenvalue weighted by molar-refractivity contribution is 7.98. The third-order valence-electron chi connectivity index (χ3n) is 4.06. The zero-order valence-corrected chi connectivity index (χ0v) is 16.9. The largest absolute Gasteiger partial charge is 0.390 e. The molecule has 0 saturated heterocycles. The molecule has 0 bridgehead atoms. The number of rotatable bonds is 7. The molecular weight excluding hydrogens is 425 g/mol. The number of aromatic nitrogens is 2. The number of thioether (sulfide) groups is 1. The fraction of sp³-hybridized carbons (Fsp3) is 0.167. The Morgan fingerprint density at radius 3 is 2.54 bits per heavy atom. The highest BCUT2D eigenvalue weighted by Gasteiger charge is 2.14. The summed E-state index contributed by atoms with van der Waals surface area (Å²) in [6.45, 7) is 0.136. The highest BCUT2D eigenvalue weighted by atomic mass is 35.5. The maximum Gasteiger partial charge on any atom is 0.238 e. The maximum atomic E-state index is 14.0. The summed E-state index contributed by atoms with van der Waals surface area (Å²) in [5.41, 5.74) is 1.76. The lowest BCUT2D eigenvalue weighted by Crippen LogP contribution is -2.12. The number of aliphatic hydroxyl groups is 1. The summed E-state index contributed by atoms with van der Waals surface area (Å²) >= 11 is 7.36. The molecule has 0 fully saturated rings. The number of primary sulfonamides is 1. The summed E-state index contributed by atoms with van der Waals surface area (Å²) in [6.07, 6.45) is 1.55. The molecule has 6 nitrogen and oxygen atoms in total. The molecule has 3 aromatic rings. The van der Waals surface area contributed by atoms with Crippen LogP contribution in [0.15, 0.2) is 58.7 Å². The van der Waals surface area contributed by atoms with Crippen LogP contribution in [0, 0.1) is 5.82 Å². The monoisotopic (exact) mass is 441 g/mol. The number of nitrogens with zero attached hydrogens (tertiary/aromatic N) is 2. The SMILES string of the molecule is NS(=O)(=O)c1ccc(Cn2c(CO)cnc2SCc2c(F)cccc2Cl)cc1. The fourth-order valence-corrected chi connectivity index (χ4v) is 4.43. The van der Waals surface area contributed by atoms with Crippen LogP contribution >= 0.6 is 23.4 Å². The second-order valence-corrected chi connectivity index (χ2v) is 8.87. The van der Waals surface area contributed by atoms with Gasteiger partial charge in [-0.25, -0.2) is 22.9 Å². The van der Waals surface area contributed by atoms with Gasteiger partial charge in [0.1, 0.15) is 5.82 Å². The fourth-order valence-electron chi connectivity index (χ4n) is 2.58. The molecule has 0 aliphatic heterocycles. The van der Waals surface area contributed by atoms with Gasteiger partial charge in [-0.3, -0.25) is 0 Å². The minimum absolute atomic E-state index is 0.0213. The average Bonchev–Trinajstić information content (AvgIpc) is 3.03. The standard InChI is InChI=1S/C18H17ClFN3O3S2/c19-16-2-1-3-17(20)15(16)11-27-18-22-8-13(10-24)23(18)9-12-4-6-14(7-5-12)28(21,25)26/h1-8,24H,9-11H2,(H2,21,25,26). The van der Waals surface area contributed by atoms with Crippen LogP contribution in [0.4, 0.5) is 4.39 Å². The number of halogens is 2. The molecule has 0 amide bonds. The van der Waals surface area contributed by atoms with Crippen molar-refractivity contribution in [3.63, 3.8) is 0 Å². The summed E-state index contributed by atoms with van der Waals surface area (Å²) in [5, 5.41) is 15.6. The molecule has 0 radical (unpaired) electrons. The van der Waals surface area contributed by atoms with Crippen LogP contribution < -0.4 is 5.14 Å². The van der Waals surface area contributed by atoms with E-state index in [1.807, 2.05) is 0 Å². The van der Waals surface area contributed by atoms with Crippen molar-refractivity contribution in [2.45, 2.75) is 29.0 Å². The average molecular weight is 442 g/mol. The van der Waals surface area contributed by atoms with Gasteiger partial charge in [-0.2, -0.15) is 0 Å². The lowest BCUT2D eigenvalue weighted by molar-refractivity contribution is 0.270. The molecule has 2 aromatic carbocycles. The number of nitrogens with two attached hydrogens (primary N) is 1. The predicted molar refractivity (Wildman–Crippen MR) is 106 cm³/mol. The number of aliphatic hydroxyl groups excluding tert-OH is 1. The van der Waals surface area contributed by atoms with E-state index in [9.17, 15) is 17.9 Å². The molecule has 0 aliphatic rings. The Balaban J connectivity index is 1.82. The van der Waals surface area contributed by atoms with E-state index < -0.39 is 10.0 Å². The molecule has 0 unspecified atom stereocenters. The first-order chi connectivity index (χ1) is 13.3. The summed E-state index contributed by atoms with van der Waals surface area (Å²) < 4.78 is 38.5. The van der Waals surface area contributed by atoms with Crippen LogP contribution in [0.5, 0.6) is 0 Å². The molecule has 3 rings (SSSR count). The zero-order valence-electron chi connectivity index (χ0n) is 14.5. The van der Waals surface area contributed by atoms with E-state index in [0.29, 0.717) is 28.0 Å². The normalized spacial score (nSPS) is 11.7. The van der Waals surface area contributed by atoms with Crippen molar-refractivity contribution in [1.82, 2.24) is 9.55 Å². The molecule has 148 valence electrons. The first kappa shape index (κ1) is 20.8. The van der Waals surface area contributed by atoms with E-state index in [1.54, 1.807) is 35.0 Å². The molecule has 28 heavy (non-hydrogen) atoms. The van der Waals surface area contributed by atoms with Gasteiger partial charge in [-0.05, 0) is 29.8 Å². The minimum atomic E-state index is -3.76. The van der Waals surface area contributed by atoms with Gasteiger partial charge in [0.25, 0.3) is 0 Å². The van der Waals surface area contributed by atoms with Crippen molar-refractivity contribution < 1.29 is 17.9 Å². The van der Waals surface area contributed by atoms with Gasteiger partial charge < -0.3 is 9.67 Å². The molecule has 10 heteroatoms. The molecule has 1 aromatic heterocycles. The van der Waals surface area contributed by atoms with Crippen molar-refractivity contribution >= 4 is 33.4 Å². The van der Waals surface area contributed by atoms with E-state index in [2.05, 4.69) is 4.98 Å². The number of hydrogen-bond acceptors (Lipinski definition) is 5. The molecular formula is C18H17ClFN3O3S2. The van der Waals surface area contributed by atoms with Crippen molar-refractivity contribution in [2.24, 2.45) is 5.14 Å². The maximum absolute atomic E-state index is 14.0. The molecule has 0 aliphatic carbocycles. The Labute approximate surface area is 171 Å². The van der Waals surface area contributed by atoms with Crippen LogP contribution in [0.25, 0.3) is 0 Å². The smallest absolute Gasteiger partial charge is 0.238 e. The summed E-state index contributed by atoms with van der Waals surface area (Å²) in [6, 6.07) is 10.6. The number of benzene rings is 2. The number of imidazole rings is 1. The Kier molecular flexibility index (Phi) is 6.41. The topological polar surface area (TPSA) is 98.2 Å². The predicted octanol–water partition coefficient (Wildman–Crippen LogP) is 3.16. The Morgan fingerprint density at radius 1 is 1.21 bits per heavy atom. The molecule has 0 spiro atoms. The Bertz CT molecular complexity index is 1070. The van der Waals surface area contributed by atoms with E-state index in [0.717, 1.165) is 5.56 Å². The van der Waals surface area contributed by atoms with Gasteiger partial charge in [-0.1, -0.05) is 41.6 Å². The first-order valence-electron chi connectivity index (χ1n) is 8.12. The Morgan fingerprint density at radius 2 is 1.93 bits per heavy atom. The molecule has 0 saturated carbocycles. The second-order valence-electron chi connectivity index (χ2n) is 5.95. The van der Waals surface area contributed by atoms with Gasteiger partial charge in [-0.15, -0.1) is 0 Å². The van der Waals surface area contributed by atoms with E-state index in [1.165, 1.54) is 30.0 Å². The van der Waals surface area contributed by atoms with Gasteiger partial charge in [0.15, 0.2) is 5.16 Å². The molecule has 1 heterocycles. The van der Waals surface area contributed by atoms with Gasteiger partial charge in [0, 0.05) is 22.9 Å². The molecule has 0 atom stereocenters. The number of hydrogen-bond donors (Lipinski definition) is 2. The number of sulfonamides is 1. The van der Waals surface area contributed by atoms with Crippen LogP contribution in [0.1, 0.15) is 16.8 Å². The second kappa shape index (κ2) is 8.62. The van der Waals surface area contributed by atoms with Crippen molar-refractivity contribution in [3.05, 3.63) is 76.3 Å². The van der Waals surface area contributed by atoms with Crippen LogP contribution in [0.3, 0.4) is 0 Å². The van der Waals surface area contributed by atoms with E-state index in [-0.39, 0.29) is 23.1 Å². The summed E-state index contributed by atoms with van der Waals surface area (Å²) in [7, 11) is -3.76. The summed E-state index contributed by atoms with van der Waals surface area (Å²) in [4.78, 5) is 4.32. The zero-order chi connectivity index (χ0) is 20.3. The quantitative estimate of drug-likeness (QED) is 0.549. The minimum Gasteiger partial charge on any atom is -0.390 e. The van der Waals surface area contributed by atoms with Crippen molar-refractivity contribution in [1.29, 1.82) is 0 Å². The lowest BCUT2D eigenvalue weighted by Gasteiger charge is -2.12. The van der Waals surface area contributed by atoms with Crippen LogP contribution in [0.2, 0.25) is 5.02 Å². The first-order valence-corrected chi connectivity index (χ1v) is 11.0. The summed E-state index contributed by atoms with van der Waals surface area (Å²) in [5.74, 6) is -0.114. The third kappa shape index (κ3) is 4.73. The van der Waals surface area contributed by atoms with Crippen LogP contribution in [-0.2, 0) is 28.9 Å². The van der Waals surface area contributed by atoms with E-state index >= 15 is 0 Å².